The molecule has 0 radical (unpaired) electrons. The second-order valence-corrected chi connectivity index (χ2v) is 6.38. The number of carbonyl (C=O) groups is 1. The van der Waals surface area contributed by atoms with Crippen molar-refractivity contribution in [2.75, 3.05) is 5.32 Å². The lowest BCUT2D eigenvalue weighted by Crippen LogP contribution is -2.27. The minimum Gasteiger partial charge on any atom is -0.444 e. The highest BCUT2D eigenvalue weighted by Gasteiger charge is 2.16. The van der Waals surface area contributed by atoms with Gasteiger partial charge in [0.05, 0.1) is 6.20 Å². The first-order chi connectivity index (χ1) is 11.9. The van der Waals surface area contributed by atoms with E-state index in [4.69, 9.17) is 4.74 Å². The van der Waals surface area contributed by atoms with Crippen LogP contribution in [0.4, 0.5) is 10.6 Å². The van der Waals surface area contributed by atoms with E-state index in [0.717, 1.165) is 16.9 Å². The number of carbonyl (C=O) groups excluding carboxylic acids is 1. The summed E-state index contributed by atoms with van der Waals surface area (Å²) in [5.41, 5.74) is 1.79. The molecule has 1 N–H and O–H groups in total. The summed E-state index contributed by atoms with van der Waals surface area (Å²) >= 11 is 0. The number of hydrogen-bond donors (Lipinski definition) is 1. The van der Waals surface area contributed by atoms with Crippen molar-refractivity contribution in [1.82, 2.24) is 14.4 Å². The molecule has 3 rings (SSSR count). The maximum absolute atomic E-state index is 11.8. The molecular weight excluding hydrogens is 316 g/mol. The fraction of sp³-hybridized carbons (Fsp3) is 0.211. The average Bonchev–Trinajstić information content (AvgIpc) is 2.94. The second-order valence-electron chi connectivity index (χ2n) is 6.38. The predicted octanol–water partition coefficient (Wildman–Crippen LogP) is 3.48. The second kappa shape index (κ2) is 6.65. The summed E-state index contributed by atoms with van der Waals surface area (Å²) in [5.74, 6) is 6.53. The van der Waals surface area contributed by atoms with Gasteiger partial charge in [-0.05, 0) is 51.0 Å². The first-order valence-electron chi connectivity index (χ1n) is 7.81. The van der Waals surface area contributed by atoms with Crippen molar-refractivity contribution in [3.8, 4) is 11.8 Å². The molecule has 0 bridgehead atoms. The Morgan fingerprint density at radius 2 is 2.04 bits per heavy atom. The molecule has 6 nitrogen and oxygen atoms in total. The summed E-state index contributed by atoms with van der Waals surface area (Å²) in [7, 11) is 0. The summed E-state index contributed by atoms with van der Waals surface area (Å²) < 4.78 is 7.12. The summed E-state index contributed by atoms with van der Waals surface area (Å²) in [5, 5.41) is 2.60. The van der Waals surface area contributed by atoms with Crippen LogP contribution in [0, 0.1) is 11.8 Å². The van der Waals surface area contributed by atoms with Gasteiger partial charge in [0, 0.05) is 18.0 Å². The van der Waals surface area contributed by atoms with E-state index in [-0.39, 0.29) is 0 Å². The van der Waals surface area contributed by atoms with Crippen LogP contribution in [0.5, 0.6) is 0 Å². The van der Waals surface area contributed by atoms with Crippen LogP contribution in [-0.2, 0) is 4.74 Å². The highest BCUT2D eigenvalue weighted by Crippen LogP contribution is 2.11. The molecule has 0 unspecified atom stereocenters. The molecule has 0 aliphatic carbocycles. The minimum atomic E-state index is -0.565. The fourth-order valence-corrected chi connectivity index (χ4v) is 2.15. The maximum atomic E-state index is 11.8. The number of anilines is 1. The number of rotatable bonds is 1. The lowest BCUT2D eigenvalue weighted by Gasteiger charge is -2.19. The Hall–Kier alpha value is -3.33. The van der Waals surface area contributed by atoms with Gasteiger partial charge in [-0.15, -0.1) is 0 Å². The zero-order chi connectivity index (χ0) is 17.9. The highest BCUT2D eigenvalue weighted by atomic mass is 16.6. The van der Waals surface area contributed by atoms with Gasteiger partial charge < -0.3 is 4.74 Å². The molecule has 3 aromatic rings. The van der Waals surface area contributed by atoms with Crippen LogP contribution in [0.3, 0.4) is 0 Å². The number of imidazole rings is 1. The van der Waals surface area contributed by atoms with E-state index in [1.165, 1.54) is 0 Å². The van der Waals surface area contributed by atoms with Crippen molar-refractivity contribution in [2.45, 2.75) is 26.4 Å². The third-order valence-electron chi connectivity index (χ3n) is 3.14. The van der Waals surface area contributed by atoms with Crippen molar-refractivity contribution in [1.29, 1.82) is 0 Å². The van der Waals surface area contributed by atoms with Gasteiger partial charge in [0.25, 0.3) is 0 Å². The number of nitrogens with one attached hydrogen (secondary N) is 1. The normalized spacial score (nSPS) is 10.8. The van der Waals surface area contributed by atoms with E-state index in [9.17, 15) is 4.79 Å². The van der Waals surface area contributed by atoms with Crippen LogP contribution >= 0.6 is 0 Å². The smallest absolute Gasteiger partial charge is 0.413 e. The Bertz CT molecular complexity index is 974. The Morgan fingerprint density at radius 3 is 2.84 bits per heavy atom. The largest absolute Gasteiger partial charge is 0.444 e. The van der Waals surface area contributed by atoms with Crippen LogP contribution in [0.2, 0.25) is 0 Å². The molecule has 0 aliphatic heterocycles. The van der Waals surface area contributed by atoms with Crippen molar-refractivity contribution < 1.29 is 9.53 Å². The molecule has 25 heavy (non-hydrogen) atoms. The molecule has 0 aromatic carbocycles. The lowest BCUT2D eigenvalue weighted by molar-refractivity contribution is 0.0635. The number of aromatic nitrogens is 3. The molecule has 0 aliphatic rings. The molecule has 3 heterocycles. The molecule has 0 saturated carbocycles. The Kier molecular flexibility index (Phi) is 4.40. The number of fused-ring (bicyclic) bond motifs is 1. The molecule has 126 valence electrons. The van der Waals surface area contributed by atoms with E-state index >= 15 is 0 Å². The highest BCUT2D eigenvalue weighted by molar-refractivity contribution is 5.83. The Labute approximate surface area is 145 Å². The average molecular weight is 334 g/mol. The Morgan fingerprint density at radius 1 is 1.20 bits per heavy atom. The first kappa shape index (κ1) is 16.5. The van der Waals surface area contributed by atoms with Gasteiger partial charge in [-0.3, -0.25) is 9.72 Å². The minimum absolute atomic E-state index is 0.388. The van der Waals surface area contributed by atoms with Crippen LogP contribution in [0.1, 0.15) is 32.0 Å². The van der Waals surface area contributed by atoms with Gasteiger partial charge in [0.15, 0.2) is 0 Å². The quantitative estimate of drug-likeness (QED) is 0.692. The van der Waals surface area contributed by atoms with Crippen LogP contribution in [-0.4, -0.2) is 26.1 Å². The van der Waals surface area contributed by atoms with E-state index < -0.39 is 11.7 Å². The summed E-state index contributed by atoms with van der Waals surface area (Å²) in [6, 6.07) is 9.24. The van der Waals surface area contributed by atoms with Crippen LogP contribution in [0.25, 0.3) is 5.65 Å². The SMILES string of the molecule is CC(C)(C)OC(=O)Nc1cc(C#Cc2cnc3ccccn23)ccn1. The summed E-state index contributed by atoms with van der Waals surface area (Å²) in [6.07, 6.45) is 4.68. The number of pyridine rings is 2. The van der Waals surface area contributed by atoms with Gasteiger partial charge >= 0.3 is 6.09 Å². The number of nitrogens with zero attached hydrogens (tertiary/aromatic N) is 3. The molecule has 1 amide bonds. The van der Waals surface area contributed by atoms with Gasteiger partial charge in [-0.1, -0.05) is 12.0 Å². The fourth-order valence-electron chi connectivity index (χ4n) is 2.15. The van der Waals surface area contributed by atoms with E-state index in [1.54, 1.807) is 45.3 Å². The van der Waals surface area contributed by atoms with Crippen molar-refractivity contribution in [3.63, 3.8) is 0 Å². The van der Waals surface area contributed by atoms with E-state index in [1.807, 2.05) is 28.8 Å². The molecule has 0 atom stereocenters. The number of ether oxygens (including phenoxy) is 1. The third kappa shape index (κ3) is 4.36. The third-order valence-corrected chi connectivity index (χ3v) is 3.14. The molecule has 3 aromatic heterocycles. The summed E-state index contributed by atoms with van der Waals surface area (Å²) in [6.45, 7) is 5.41. The first-order valence-corrected chi connectivity index (χ1v) is 7.81. The summed E-state index contributed by atoms with van der Waals surface area (Å²) in [4.78, 5) is 20.2. The number of amides is 1. The van der Waals surface area contributed by atoms with Gasteiger partial charge in [0.1, 0.15) is 22.8 Å². The van der Waals surface area contributed by atoms with Gasteiger partial charge in [-0.25, -0.2) is 14.8 Å². The van der Waals surface area contributed by atoms with Crippen molar-refractivity contribution in [2.24, 2.45) is 0 Å². The maximum Gasteiger partial charge on any atom is 0.413 e. The monoisotopic (exact) mass is 334 g/mol. The van der Waals surface area contributed by atoms with Crippen LogP contribution in [0.15, 0.2) is 48.9 Å². The molecular formula is C19H18N4O2. The predicted molar refractivity (Wildman–Crippen MR) is 95.3 cm³/mol. The van der Waals surface area contributed by atoms with Gasteiger partial charge in [-0.2, -0.15) is 0 Å². The topological polar surface area (TPSA) is 68.5 Å². The van der Waals surface area contributed by atoms with Gasteiger partial charge in [0.2, 0.25) is 0 Å². The van der Waals surface area contributed by atoms with Crippen molar-refractivity contribution >= 4 is 17.6 Å². The van der Waals surface area contributed by atoms with E-state index in [2.05, 4.69) is 27.1 Å². The Balaban J connectivity index is 1.78. The molecule has 0 spiro atoms. The lowest BCUT2D eigenvalue weighted by atomic mass is 10.2. The zero-order valence-electron chi connectivity index (χ0n) is 14.3. The van der Waals surface area contributed by atoms with Crippen molar-refractivity contribution in [3.05, 3.63) is 60.2 Å². The molecule has 6 heteroatoms. The molecule has 0 saturated heterocycles. The molecule has 0 fully saturated rings. The van der Waals surface area contributed by atoms with E-state index in [0.29, 0.717) is 5.82 Å². The number of hydrogen-bond acceptors (Lipinski definition) is 4. The standard InChI is InChI=1S/C19H18N4O2/c1-19(2,3)25-18(24)22-16-12-14(9-10-20-16)7-8-15-13-21-17-6-4-5-11-23(15)17/h4-6,9-13H,1-3H3,(H,20,22,24). The van der Waals surface area contributed by atoms with Crippen LogP contribution < -0.4 is 5.32 Å². The zero-order valence-corrected chi connectivity index (χ0v) is 14.3.